The highest BCUT2D eigenvalue weighted by atomic mass is 32.2. The summed E-state index contributed by atoms with van der Waals surface area (Å²) in [5.41, 5.74) is 2.28. The number of thioether (sulfide) groups is 1. The number of hydrogen-bond acceptors (Lipinski definition) is 6. The number of nitrogens with one attached hydrogen (secondary N) is 2. The molecule has 1 atom stereocenters. The van der Waals surface area contributed by atoms with Gasteiger partial charge in [-0.2, -0.15) is 11.8 Å². The molecule has 0 amide bonds. The number of anilines is 1. The first-order chi connectivity index (χ1) is 8.51. The van der Waals surface area contributed by atoms with Gasteiger partial charge in [-0.3, -0.25) is 0 Å². The molecular weight excluding hydrogens is 272 g/mol. The maximum Gasteiger partial charge on any atom is 0.244 e. The molecule has 0 saturated heterocycles. The summed E-state index contributed by atoms with van der Waals surface area (Å²) in [5.74, 6) is 7.07. The maximum absolute atomic E-state index is 12.1. The maximum atomic E-state index is 12.1. The summed E-state index contributed by atoms with van der Waals surface area (Å²) in [6.45, 7) is 3.86. The predicted molar refractivity (Wildman–Crippen MR) is 74.8 cm³/mol. The van der Waals surface area contributed by atoms with Crippen molar-refractivity contribution in [3.8, 4) is 0 Å². The van der Waals surface area contributed by atoms with Gasteiger partial charge in [0.05, 0.1) is 0 Å². The van der Waals surface area contributed by atoms with Crippen LogP contribution in [0.25, 0.3) is 0 Å². The molecule has 1 heterocycles. The Morgan fingerprint density at radius 1 is 1.56 bits per heavy atom. The number of nitrogen functional groups attached to an aromatic ring is 1. The molecule has 1 aromatic rings. The smallest absolute Gasteiger partial charge is 0.244 e. The number of nitrogens with two attached hydrogens (primary N) is 1. The Morgan fingerprint density at radius 3 is 2.89 bits per heavy atom. The van der Waals surface area contributed by atoms with E-state index in [2.05, 4.69) is 15.1 Å². The topological polar surface area (TPSA) is 97.1 Å². The molecule has 18 heavy (non-hydrogen) atoms. The standard InChI is InChI=1S/C10H18N4O2S2/c1-3-17-7-8(2)14-18(15,16)9-5-4-6-12-10(9)13-11/h4-6,8,14H,3,7,11H2,1-2H3,(H,12,13). The summed E-state index contributed by atoms with van der Waals surface area (Å²) >= 11 is 1.68. The van der Waals surface area contributed by atoms with Crippen LogP contribution in [0, 0.1) is 0 Å². The largest absolute Gasteiger partial charge is 0.307 e. The number of hydrogen-bond donors (Lipinski definition) is 3. The van der Waals surface area contributed by atoms with Gasteiger partial charge in [-0.25, -0.2) is 24.0 Å². The van der Waals surface area contributed by atoms with Crippen molar-refractivity contribution in [2.24, 2.45) is 5.84 Å². The van der Waals surface area contributed by atoms with Crippen LogP contribution in [0.5, 0.6) is 0 Å². The van der Waals surface area contributed by atoms with E-state index < -0.39 is 10.0 Å². The lowest BCUT2D eigenvalue weighted by Crippen LogP contribution is -2.35. The van der Waals surface area contributed by atoms with E-state index >= 15 is 0 Å². The number of pyridine rings is 1. The van der Waals surface area contributed by atoms with Crippen molar-refractivity contribution in [1.82, 2.24) is 9.71 Å². The Morgan fingerprint density at radius 2 is 2.28 bits per heavy atom. The van der Waals surface area contributed by atoms with E-state index in [1.54, 1.807) is 17.8 Å². The van der Waals surface area contributed by atoms with Crippen molar-refractivity contribution in [1.29, 1.82) is 0 Å². The monoisotopic (exact) mass is 290 g/mol. The highest BCUT2D eigenvalue weighted by molar-refractivity contribution is 7.99. The van der Waals surface area contributed by atoms with Gasteiger partial charge in [0.25, 0.3) is 0 Å². The fraction of sp³-hybridized carbons (Fsp3) is 0.500. The second-order valence-corrected chi connectivity index (χ2v) is 6.68. The van der Waals surface area contributed by atoms with E-state index in [0.29, 0.717) is 0 Å². The number of sulfonamides is 1. The van der Waals surface area contributed by atoms with E-state index in [9.17, 15) is 8.42 Å². The lowest BCUT2D eigenvalue weighted by Gasteiger charge is -2.15. The summed E-state index contributed by atoms with van der Waals surface area (Å²) in [6.07, 6.45) is 1.48. The molecule has 1 unspecified atom stereocenters. The van der Waals surface area contributed by atoms with Crippen LogP contribution in [0.4, 0.5) is 5.82 Å². The zero-order chi connectivity index (χ0) is 13.6. The van der Waals surface area contributed by atoms with Crippen LogP contribution in [0.15, 0.2) is 23.2 Å². The second-order valence-electron chi connectivity index (χ2n) is 3.68. The molecule has 0 bridgehead atoms. The quantitative estimate of drug-likeness (QED) is 0.507. The third-order valence-corrected chi connectivity index (χ3v) is 4.89. The zero-order valence-electron chi connectivity index (χ0n) is 10.4. The Hall–Kier alpha value is -0.830. The Bertz CT molecular complexity index is 479. The van der Waals surface area contributed by atoms with Crippen molar-refractivity contribution in [2.75, 3.05) is 16.9 Å². The Balaban J connectivity index is 2.86. The van der Waals surface area contributed by atoms with Gasteiger partial charge >= 0.3 is 0 Å². The van der Waals surface area contributed by atoms with E-state index in [4.69, 9.17) is 5.84 Å². The molecule has 0 radical (unpaired) electrons. The fourth-order valence-electron chi connectivity index (χ4n) is 1.37. The predicted octanol–water partition coefficient (Wildman–Crippen LogP) is 0.787. The van der Waals surface area contributed by atoms with E-state index in [1.165, 1.54) is 12.3 Å². The summed E-state index contributed by atoms with van der Waals surface area (Å²) in [6, 6.07) is 2.87. The van der Waals surface area contributed by atoms with E-state index in [0.717, 1.165) is 11.5 Å². The molecule has 4 N–H and O–H groups in total. The van der Waals surface area contributed by atoms with Crippen molar-refractivity contribution < 1.29 is 8.42 Å². The molecule has 1 rings (SSSR count). The molecule has 0 aliphatic rings. The molecule has 0 spiro atoms. The minimum Gasteiger partial charge on any atom is -0.307 e. The first-order valence-electron chi connectivity index (χ1n) is 5.53. The minimum absolute atomic E-state index is 0.0563. The summed E-state index contributed by atoms with van der Waals surface area (Å²) in [5, 5.41) is 0. The van der Waals surface area contributed by atoms with Gasteiger partial charge in [0.1, 0.15) is 4.90 Å². The number of rotatable bonds is 7. The minimum atomic E-state index is -3.60. The molecule has 8 heteroatoms. The SMILES string of the molecule is CCSCC(C)NS(=O)(=O)c1cccnc1NN. The van der Waals surface area contributed by atoms with Crippen LogP contribution >= 0.6 is 11.8 Å². The van der Waals surface area contributed by atoms with Crippen LogP contribution in [0.1, 0.15) is 13.8 Å². The van der Waals surface area contributed by atoms with Crippen molar-refractivity contribution in [2.45, 2.75) is 24.8 Å². The van der Waals surface area contributed by atoms with Crippen LogP contribution < -0.4 is 16.0 Å². The van der Waals surface area contributed by atoms with E-state index in [1.807, 2.05) is 13.8 Å². The Kier molecular flexibility index (Phi) is 5.86. The van der Waals surface area contributed by atoms with Gasteiger partial charge < -0.3 is 5.43 Å². The number of aromatic nitrogens is 1. The van der Waals surface area contributed by atoms with Crippen molar-refractivity contribution in [3.05, 3.63) is 18.3 Å². The third kappa shape index (κ3) is 4.13. The zero-order valence-corrected chi connectivity index (χ0v) is 12.0. The molecule has 0 fully saturated rings. The summed E-state index contributed by atoms with van der Waals surface area (Å²) in [7, 11) is -3.60. The highest BCUT2D eigenvalue weighted by Gasteiger charge is 2.21. The van der Waals surface area contributed by atoms with Crippen LogP contribution in [-0.2, 0) is 10.0 Å². The van der Waals surface area contributed by atoms with Crippen molar-refractivity contribution in [3.63, 3.8) is 0 Å². The van der Waals surface area contributed by atoms with E-state index in [-0.39, 0.29) is 16.8 Å². The van der Waals surface area contributed by atoms with Gasteiger partial charge in [0, 0.05) is 18.0 Å². The molecule has 1 aromatic heterocycles. The Labute approximate surface area is 112 Å². The molecule has 0 aliphatic carbocycles. The van der Waals surface area contributed by atoms with Crippen LogP contribution in [0.2, 0.25) is 0 Å². The highest BCUT2D eigenvalue weighted by Crippen LogP contribution is 2.17. The lowest BCUT2D eigenvalue weighted by molar-refractivity contribution is 0.571. The van der Waals surface area contributed by atoms with Gasteiger partial charge in [0.2, 0.25) is 10.0 Å². The molecule has 6 nitrogen and oxygen atoms in total. The summed E-state index contributed by atoms with van der Waals surface area (Å²) in [4.78, 5) is 3.93. The molecule has 102 valence electrons. The first kappa shape index (κ1) is 15.2. The fourth-order valence-corrected chi connectivity index (χ4v) is 3.51. The molecule has 0 aromatic carbocycles. The molecule has 0 saturated carbocycles. The average Bonchev–Trinajstić information content (AvgIpc) is 2.35. The molecule has 0 aliphatic heterocycles. The van der Waals surface area contributed by atoms with Crippen LogP contribution in [-0.4, -0.2) is 30.9 Å². The first-order valence-corrected chi connectivity index (χ1v) is 8.16. The number of nitrogens with zero attached hydrogens (tertiary/aromatic N) is 1. The molecular formula is C10H18N4O2S2. The van der Waals surface area contributed by atoms with Crippen LogP contribution in [0.3, 0.4) is 0 Å². The third-order valence-electron chi connectivity index (χ3n) is 2.13. The van der Waals surface area contributed by atoms with Gasteiger partial charge in [-0.05, 0) is 24.8 Å². The lowest BCUT2D eigenvalue weighted by atomic mass is 10.4. The van der Waals surface area contributed by atoms with Gasteiger partial charge in [0.15, 0.2) is 5.82 Å². The average molecular weight is 290 g/mol. The normalized spacial score (nSPS) is 13.3. The van der Waals surface area contributed by atoms with Gasteiger partial charge in [-0.15, -0.1) is 0 Å². The number of hydrazine groups is 1. The van der Waals surface area contributed by atoms with Gasteiger partial charge in [-0.1, -0.05) is 6.92 Å². The second kappa shape index (κ2) is 6.93. The van der Waals surface area contributed by atoms with Crippen molar-refractivity contribution >= 4 is 27.6 Å². The summed E-state index contributed by atoms with van der Waals surface area (Å²) < 4.78 is 26.9.